The highest BCUT2D eigenvalue weighted by Crippen LogP contribution is 2.22. The van der Waals surface area contributed by atoms with E-state index in [2.05, 4.69) is 24.1 Å². The van der Waals surface area contributed by atoms with Crippen molar-refractivity contribution >= 4 is 5.91 Å². The average Bonchev–Trinajstić information content (AvgIpc) is 2.44. The van der Waals surface area contributed by atoms with E-state index in [1.54, 1.807) is 19.3 Å². The summed E-state index contributed by atoms with van der Waals surface area (Å²) >= 11 is 0. The van der Waals surface area contributed by atoms with E-state index < -0.39 is 0 Å². The summed E-state index contributed by atoms with van der Waals surface area (Å²) in [4.78, 5) is 15.6. The largest absolute Gasteiger partial charge is 0.494 e. The number of carbonyl (C=O) groups excluding carboxylic acids is 1. The van der Waals surface area contributed by atoms with Gasteiger partial charge < -0.3 is 14.8 Å². The molecule has 1 aromatic heterocycles. The van der Waals surface area contributed by atoms with Gasteiger partial charge in [0.05, 0.1) is 19.9 Å². The van der Waals surface area contributed by atoms with E-state index in [-0.39, 0.29) is 11.6 Å². The highest BCUT2D eigenvalue weighted by Gasteiger charge is 2.14. The zero-order valence-corrected chi connectivity index (χ0v) is 12.0. The minimum atomic E-state index is -0.275. The monoisotopic (exact) mass is 266 g/mol. The van der Waals surface area contributed by atoms with Crippen molar-refractivity contribution in [2.45, 2.75) is 26.7 Å². The van der Waals surface area contributed by atoms with Crippen molar-refractivity contribution in [2.75, 3.05) is 20.8 Å². The highest BCUT2D eigenvalue weighted by atomic mass is 16.5. The molecule has 1 unspecified atom stereocenters. The molecule has 0 aliphatic rings. The van der Waals surface area contributed by atoms with Gasteiger partial charge in [0.2, 0.25) is 0 Å². The number of nitrogens with one attached hydrogen (secondary N) is 1. The van der Waals surface area contributed by atoms with Gasteiger partial charge in [-0.25, -0.2) is 4.98 Å². The normalized spacial score (nSPS) is 11.8. The predicted octanol–water partition coefficient (Wildman–Crippen LogP) is 2.26. The maximum absolute atomic E-state index is 11.6. The van der Waals surface area contributed by atoms with E-state index in [1.807, 2.05) is 0 Å². The van der Waals surface area contributed by atoms with Gasteiger partial charge in [0.25, 0.3) is 5.91 Å². The van der Waals surface area contributed by atoms with E-state index in [9.17, 15) is 4.79 Å². The summed E-state index contributed by atoms with van der Waals surface area (Å²) < 4.78 is 10.8. The predicted molar refractivity (Wildman–Crippen MR) is 73.7 cm³/mol. The minimum absolute atomic E-state index is 0.263. The molecule has 5 heteroatoms. The van der Waals surface area contributed by atoms with Crippen LogP contribution in [0.1, 0.15) is 37.2 Å². The third kappa shape index (κ3) is 4.43. The molecule has 0 fully saturated rings. The molecule has 1 rings (SSSR count). The molecule has 1 amide bonds. The Bertz CT molecular complexity index is 421. The summed E-state index contributed by atoms with van der Waals surface area (Å²) in [5.41, 5.74) is 0.263. The third-order valence-electron chi connectivity index (χ3n) is 2.81. The standard InChI is InChI=1S/C14H22N2O3/c1-5-6-10(2)9-19-11-7-12(18-4)13(16-8-11)14(17)15-3/h7-8,10H,5-6,9H2,1-4H3,(H,15,17). The lowest BCUT2D eigenvalue weighted by Gasteiger charge is -2.13. The minimum Gasteiger partial charge on any atom is -0.494 e. The Morgan fingerprint density at radius 2 is 2.26 bits per heavy atom. The summed E-state index contributed by atoms with van der Waals surface area (Å²) in [6.45, 7) is 4.93. The number of hydrogen-bond acceptors (Lipinski definition) is 4. The van der Waals surface area contributed by atoms with Crippen molar-refractivity contribution in [3.63, 3.8) is 0 Å². The second-order valence-corrected chi connectivity index (χ2v) is 4.51. The lowest BCUT2D eigenvalue weighted by molar-refractivity contribution is 0.0954. The number of carbonyl (C=O) groups is 1. The Morgan fingerprint density at radius 3 is 2.84 bits per heavy atom. The average molecular weight is 266 g/mol. The molecule has 0 bridgehead atoms. The van der Waals surface area contributed by atoms with Crippen LogP contribution in [0.5, 0.6) is 11.5 Å². The Hall–Kier alpha value is -1.78. The fourth-order valence-corrected chi connectivity index (χ4v) is 1.76. The zero-order chi connectivity index (χ0) is 14.3. The van der Waals surface area contributed by atoms with Gasteiger partial charge in [0.1, 0.15) is 5.75 Å². The van der Waals surface area contributed by atoms with E-state index in [0.717, 1.165) is 12.8 Å². The molecular weight excluding hydrogens is 244 g/mol. The van der Waals surface area contributed by atoms with Gasteiger partial charge in [0.15, 0.2) is 11.4 Å². The zero-order valence-electron chi connectivity index (χ0n) is 12.0. The van der Waals surface area contributed by atoms with E-state index >= 15 is 0 Å². The number of hydrogen-bond donors (Lipinski definition) is 1. The Labute approximate surface area is 114 Å². The van der Waals surface area contributed by atoms with Crippen LogP contribution in [0.25, 0.3) is 0 Å². The maximum Gasteiger partial charge on any atom is 0.273 e. The van der Waals surface area contributed by atoms with Gasteiger partial charge in [0, 0.05) is 13.1 Å². The van der Waals surface area contributed by atoms with Crippen molar-refractivity contribution in [2.24, 2.45) is 5.92 Å². The Balaban J connectivity index is 2.74. The Kier molecular flexibility index (Phi) is 6.12. The first-order valence-electron chi connectivity index (χ1n) is 6.51. The van der Waals surface area contributed by atoms with Gasteiger partial charge in [-0.1, -0.05) is 20.3 Å². The van der Waals surface area contributed by atoms with Crippen LogP contribution in [0.15, 0.2) is 12.3 Å². The van der Waals surface area contributed by atoms with Crippen LogP contribution in [-0.4, -0.2) is 31.7 Å². The van der Waals surface area contributed by atoms with Gasteiger partial charge in [-0.3, -0.25) is 4.79 Å². The maximum atomic E-state index is 11.6. The van der Waals surface area contributed by atoms with Gasteiger partial charge in [-0.15, -0.1) is 0 Å². The van der Waals surface area contributed by atoms with Crippen LogP contribution in [0.2, 0.25) is 0 Å². The molecule has 0 radical (unpaired) electrons. The summed E-state index contributed by atoms with van der Waals surface area (Å²) in [7, 11) is 3.06. The van der Waals surface area contributed by atoms with Gasteiger partial charge in [-0.05, 0) is 12.3 Å². The van der Waals surface area contributed by atoms with Crippen LogP contribution in [0.3, 0.4) is 0 Å². The first-order chi connectivity index (χ1) is 9.12. The number of ether oxygens (including phenoxy) is 2. The smallest absolute Gasteiger partial charge is 0.273 e. The van der Waals surface area contributed by atoms with Crippen molar-refractivity contribution in [3.05, 3.63) is 18.0 Å². The summed E-state index contributed by atoms with van der Waals surface area (Å²) in [5, 5.41) is 2.52. The van der Waals surface area contributed by atoms with Crippen LogP contribution in [0.4, 0.5) is 0 Å². The van der Waals surface area contributed by atoms with Crippen molar-refractivity contribution in [1.29, 1.82) is 0 Å². The van der Waals surface area contributed by atoms with Crippen molar-refractivity contribution in [1.82, 2.24) is 10.3 Å². The van der Waals surface area contributed by atoms with E-state index in [1.165, 1.54) is 7.11 Å². The van der Waals surface area contributed by atoms with E-state index in [4.69, 9.17) is 9.47 Å². The molecule has 0 aliphatic carbocycles. The number of methoxy groups -OCH3 is 1. The molecule has 1 N–H and O–H groups in total. The van der Waals surface area contributed by atoms with Gasteiger partial charge in [-0.2, -0.15) is 0 Å². The molecule has 0 saturated heterocycles. The second-order valence-electron chi connectivity index (χ2n) is 4.51. The second kappa shape index (κ2) is 7.61. The molecule has 106 valence electrons. The molecule has 0 spiro atoms. The first kappa shape index (κ1) is 15.3. The fourth-order valence-electron chi connectivity index (χ4n) is 1.76. The first-order valence-corrected chi connectivity index (χ1v) is 6.51. The number of nitrogens with zero attached hydrogens (tertiary/aromatic N) is 1. The molecule has 1 heterocycles. The number of amides is 1. The van der Waals surface area contributed by atoms with E-state index in [0.29, 0.717) is 24.0 Å². The molecule has 1 atom stereocenters. The molecule has 1 aromatic rings. The van der Waals surface area contributed by atoms with Crippen molar-refractivity contribution in [3.8, 4) is 11.5 Å². The lowest BCUT2D eigenvalue weighted by Crippen LogP contribution is -2.20. The SMILES string of the molecule is CCCC(C)COc1cnc(C(=O)NC)c(OC)c1. The van der Waals surface area contributed by atoms with Crippen LogP contribution < -0.4 is 14.8 Å². The van der Waals surface area contributed by atoms with Crippen LogP contribution >= 0.6 is 0 Å². The number of aromatic nitrogens is 1. The van der Waals surface area contributed by atoms with Gasteiger partial charge >= 0.3 is 0 Å². The summed E-state index contributed by atoms with van der Waals surface area (Å²) in [6, 6.07) is 1.69. The highest BCUT2D eigenvalue weighted by molar-refractivity contribution is 5.94. The fraction of sp³-hybridized carbons (Fsp3) is 0.571. The Morgan fingerprint density at radius 1 is 1.53 bits per heavy atom. The van der Waals surface area contributed by atoms with Crippen LogP contribution in [-0.2, 0) is 0 Å². The molecule has 0 aromatic carbocycles. The summed E-state index contributed by atoms with van der Waals surface area (Å²) in [5.74, 6) is 1.25. The van der Waals surface area contributed by atoms with Crippen molar-refractivity contribution < 1.29 is 14.3 Å². The molecular formula is C14H22N2O3. The number of pyridine rings is 1. The third-order valence-corrected chi connectivity index (χ3v) is 2.81. The number of rotatable bonds is 7. The topological polar surface area (TPSA) is 60.5 Å². The molecule has 19 heavy (non-hydrogen) atoms. The van der Waals surface area contributed by atoms with Crippen LogP contribution in [0, 0.1) is 5.92 Å². The lowest BCUT2D eigenvalue weighted by atomic mass is 10.1. The summed E-state index contributed by atoms with van der Waals surface area (Å²) in [6.07, 6.45) is 3.81. The quantitative estimate of drug-likeness (QED) is 0.822. The molecule has 0 aliphatic heterocycles. The molecule has 0 saturated carbocycles. The molecule has 5 nitrogen and oxygen atoms in total.